The number of piperidine rings is 1. The third-order valence-electron chi connectivity index (χ3n) is 5.96. The maximum absolute atomic E-state index is 13.0. The predicted octanol–water partition coefficient (Wildman–Crippen LogP) is 3.12. The first-order valence-corrected chi connectivity index (χ1v) is 9.55. The second-order valence-electron chi connectivity index (χ2n) is 7.87. The minimum Gasteiger partial charge on any atom is -0.336 e. The molecule has 1 amide bonds. The average Bonchev–Trinajstić information content (AvgIpc) is 3.17. The van der Waals surface area contributed by atoms with Crippen LogP contribution in [0.2, 0.25) is 0 Å². The normalized spacial score (nSPS) is 28.0. The van der Waals surface area contributed by atoms with Gasteiger partial charge in [0.15, 0.2) is 0 Å². The van der Waals surface area contributed by atoms with Crippen LogP contribution in [0.25, 0.3) is 5.65 Å². The summed E-state index contributed by atoms with van der Waals surface area (Å²) < 4.78 is 1.94. The van der Waals surface area contributed by atoms with Crippen molar-refractivity contribution in [1.29, 1.82) is 0 Å². The zero-order chi connectivity index (χ0) is 17.6. The molecule has 0 aliphatic carbocycles. The highest BCUT2D eigenvalue weighted by Crippen LogP contribution is 2.30. The van der Waals surface area contributed by atoms with E-state index in [9.17, 15) is 4.79 Å². The van der Waals surface area contributed by atoms with Gasteiger partial charge in [-0.05, 0) is 64.2 Å². The number of fused-ring (bicyclic) bond motifs is 1. The van der Waals surface area contributed by atoms with E-state index in [1.807, 2.05) is 40.8 Å². The second kappa shape index (κ2) is 6.45. The lowest BCUT2D eigenvalue weighted by atomic mass is 10.0. The summed E-state index contributed by atoms with van der Waals surface area (Å²) >= 11 is 0. The van der Waals surface area contributed by atoms with Gasteiger partial charge in [0.2, 0.25) is 0 Å². The van der Waals surface area contributed by atoms with E-state index in [1.165, 1.54) is 19.3 Å². The van der Waals surface area contributed by atoms with E-state index in [0.717, 1.165) is 30.7 Å². The van der Waals surface area contributed by atoms with Crippen LogP contribution >= 0.6 is 0 Å². The molecule has 0 bridgehead atoms. The van der Waals surface area contributed by atoms with E-state index in [4.69, 9.17) is 0 Å². The standard InChI is InChI=1S/C20H28N4O/c1-14-8-10-22-13-18(21-19(22)11-14)20(25)23-9-4-5-17(12-23)24-15(2)6-7-16(24)3/h8,10-11,13,15-17H,4-7,9,12H2,1-3H3/t15-,16-,17+/m1/s1. The van der Waals surface area contributed by atoms with Crippen molar-refractivity contribution in [2.24, 2.45) is 0 Å². The number of likely N-dealkylation sites (tertiary alicyclic amines) is 2. The second-order valence-corrected chi connectivity index (χ2v) is 7.87. The fourth-order valence-corrected chi connectivity index (χ4v) is 4.67. The highest BCUT2D eigenvalue weighted by atomic mass is 16.2. The topological polar surface area (TPSA) is 40.9 Å². The van der Waals surface area contributed by atoms with Crippen molar-refractivity contribution in [2.45, 2.75) is 64.6 Å². The van der Waals surface area contributed by atoms with E-state index in [2.05, 4.69) is 23.7 Å². The lowest BCUT2D eigenvalue weighted by Gasteiger charge is -2.41. The van der Waals surface area contributed by atoms with Gasteiger partial charge in [-0.15, -0.1) is 0 Å². The Labute approximate surface area is 149 Å². The number of nitrogens with zero attached hydrogens (tertiary/aromatic N) is 4. The molecule has 2 aromatic rings. The highest BCUT2D eigenvalue weighted by Gasteiger charge is 2.36. The van der Waals surface area contributed by atoms with Gasteiger partial charge in [0.25, 0.3) is 5.91 Å². The number of aryl methyl sites for hydroxylation is 1. The molecule has 2 saturated heterocycles. The molecule has 25 heavy (non-hydrogen) atoms. The monoisotopic (exact) mass is 340 g/mol. The molecular formula is C20H28N4O. The Morgan fingerprint density at radius 2 is 1.96 bits per heavy atom. The minimum atomic E-state index is 0.0746. The van der Waals surface area contributed by atoms with Crippen LogP contribution < -0.4 is 0 Å². The van der Waals surface area contributed by atoms with E-state index < -0.39 is 0 Å². The van der Waals surface area contributed by atoms with Gasteiger partial charge in [0.1, 0.15) is 11.3 Å². The third-order valence-corrected chi connectivity index (χ3v) is 5.96. The number of hydrogen-bond acceptors (Lipinski definition) is 3. The molecule has 2 fully saturated rings. The smallest absolute Gasteiger partial charge is 0.274 e. The average molecular weight is 340 g/mol. The number of amides is 1. The number of rotatable bonds is 2. The van der Waals surface area contributed by atoms with Gasteiger partial charge in [-0.25, -0.2) is 4.98 Å². The molecule has 4 heterocycles. The molecule has 4 rings (SSSR count). The molecule has 5 heteroatoms. The van der Waals surface area contributed by atoms with Gasteiger partial charge in [-0.3, -0.25) is 9.69 Å². The lowest BCUT2D eigenvalue weighted by Crippen LogP contribution is -2.52. The first-order chi connectivity index (χ1) is 12.0. The Morgan fingerprint density at radius 1 is 1.20 bits per heavy atom. The summed E-state index contributed by atoms with van der Waals surface area (Å²) in [5, 5.41) is 0. The summed E-state index contributed by atoms with van der Waals surface area (Å²) in [5.41, 5.74) is 2.57. The van der Waals surface area contributed by atoms with Crippen LogP contribution in [0.15, 0.2) is 24.5 Å². The van der Waals surface area contributed by atoms with Gasteiger partial charge in [-0.1, -0.05) is 0 Å². The van der Waals surface area contributed by atoms with Crippen LogP contribution in [0, 0.1) is 6.92 Å². The summed E-state index contributed by atoms with van der Waals surface area (Å²) in [7, 11) is 0. The SMILES string of the molecule is Cc1ccn2cc(C(=O)N3CCC[C@H](N4[C@H](C)CC[C@H]4C)C3)nc2c1. The maximum atomic E-state index is 13.0. The van der Waals surface area contributed by atoms with E-state index >= 15 is 0 Å². The summed E-state index contributed by atoms with van der Waals surface area (Å²) in [4.78, 5) is 22.2. The van der Waals surface area contributed by atoms with Crippen LogP contribution in [0.3, 0.4) is 0 Å². The van der Waals surface area contributed by atoms with Crippen LogP contribution in [0.5, 0.6) is 0 Å². The largest absolute Gasteiger partial charge is 0.336 e. The van der Waals surface area contributed by atoms with Gasteiger partial charge in [0.05, 0.1) is 0 Å². The summed E-state index contributed by atoms with van der Waals surface area (Å²) in [6.45, 7) is 8.38. The Kier molecular flexibility index (Phi) is 4.28. The molecule has 0 unspecified atom stereocenters. The highest BCUT2D eigenvalue weighted by molar-refractivity contribution is 5.93. The molecule has 0 N–H and O–H groups in total. The molecular weight excluding hydrogens is 312 g/mol. The Bertz CT molecular complexity index is 773. The Morgan fingerprint density at radius 3 is 2.72 bits per heavy atom. The molecule has 3 atom stereocenters. The number of pyridine rings is 1. The fourth-order valence-electron chi connectivity index (χ4n) is 4.67. The first kappa shape index (κ1) is 16.6. The van der Waals surface area contributed by atoms with Crippen molar-refractivity contribution in [3.8, 4) is 0 Å². The maximum Gasteiger partial charge on any atom is 0.274 e. The van der Waals surface area contributed by atoms with Gasteiger partial charge in [-0.2, -0.15) is 0 Å². The van der Waals surface area contributed by atoms with Crippen LogP contribution in [0.1, 0.15) is 55.6 Å². The molecule has 2 aliphatic rings. The number of hydrogen-bond donors (Lipinski definition) is 0. The fraction of sp³-hybridized carbons (Fsp3) is 0.600. The van der Waals surface area contributed by atoms with Crippen molar-refractivity contribution >= 4 is 11.6 Å². The molecule has 2 aliphatic heterocycles. The molecule has 2 aromatic heterocycles. The Hall–Kier alpha value is -1.88. The number of imidazole rings is 1. The van der Waals surface area contributed by atoms with E-state index in [1.54, 1.807) is 0 Å². The van der Waals surface area contributed by atoms with Crippen molar-refractivity contribution < 1.29 is 4.79 Å². The lowest BCUT2D eigenvalue weighted by molar-refractivity contribution is 0.0483. The van der Waals surface area contributed by atoms with Gasteiger partial charge in [0, 0.05) is 43.6 Å². The minimum absolute atomic E-state index is 0.0746. The summed E-state index contributed by atoms with van der Waals surface area (Å²) in [5.74, 6) is 0.0746. The van der Waals surface area contributed by atoms with Crippen LogP contribution in [0.4, 0.5) is 0 Å². The first-order valence-electron chi connectivity index (χ1n) is 9.55. The van der Waals surface area contributed by atoms with Gasteiger partial charge >= 0.3 is 0 Å². The van der Waals surface area contributed by atoms with Crippen molar-refractivity contribution in [3.63, 3.8) is 0 Å². The zero-order valence-electron chi connectivity index (χ0n) is 15.5. The number of carbonyl (C=O) groups excluding carboxylic acids is 1. The van der Waals surface area contributed by atoms with Crippen LogP contribution in [-0.4, -0.2) is 56.3 Å². The van der Waals surface area contributed by atoms with Gasteiger partial charge < -0.3 is 9.30 Å². The van der Waals surface area contributed by atoms with Crippen LogP contribution in [-0.2, 0) is 0 Å². The molecule has 0 spiro atoms. The summed E-state index contributed by atoms with van der Waals surface area (Å²) in [6.07, 6.45) is 8.67. The van der Waals surface area contributed by atoms with Crippen molar-refractivity contribution in [1.82, 2.24) is 19.2 Å². The number of aromatic nitrogens is 2. The third kappa shape index (κ3) is 3.06. The van der Waals surface area contributed by atoms with Crippen molar-refractivity contribution in [3.05, 3.63) is 35.8 Å². The Balaban J connectivity index is 1.52. The van der Waals surface area contributed by atoms with Crippen molar-refractivity contribution in [2.75, 3.05) is 13.1 Å². The number of carbonyl (C=O) groups is 1. The quantitative estimate of drug-likeness (QED) is 0.843. The summed E-state index contributed by atoms with van der Waals surface area (Å²) in [6, 6.07) is 5.81. The molecule has 0 saturated carbocycles. The molecule has 5 nitrogen and oxygen atoms in total. The molecule has 0 aromatic carbocycles. The zero-order valence-corrected chi connectivity index (χ0v) is 15.5. The van der Waals surface area contributed by atoms with E-state index in [-0.39, 0.29) is 5.91 Å². The molecule has 134 valence electrons. The van der Waals surface area contributed by atoms with E-state index in [0.29, 0.717) is 23.8 Å². The molecule has 0 radical (unpaired) electrons. The predicted molar refractivity (Wildman–Crippen MR) is 98.9 cm³/mol.